The first-order valence-electron chi connectivity index (χ1n) is 5.51. The van der Waals surface area contributed by atoms with Crippen molar-refractivity contribution in [3.8, 4) is 0 Å². The summed E-state index contributed by atoms with van der Waals surface area (Å²) in [4.78, 5) is 12.9. The molecule has 0 saturated carbocycles. The standard InChI is InChI=1S/C13H18FNO2/c1-13(14,8-9-15(2)3)11-7-5-4-6-10(11)12(16)17/h4-7H,8-9H2,1-3H3,(H,16,17). The van der Waals surface area contributed by atoms with Crippen LogP contribution in [0.5, 0.6) is 0 Å². The third-order valence-electron chi connectivity index (χ3n) is 2.75. The second kappa shape index (κ2) is 5.27. The highest BCUT2D eigenvalue weighted by molar-refractivity contribution is 5.89. The Morgan fingerprint density at radius 2 is 2.00 bits per heavy atom. The van der Waals surface area contributed by atoms with Crippen molar-refractivity contribution in [2.45, 2.75) is 19.0 Å². The summed E-state index contributed by atoms with van der Waals surface area (Å²) < 4.78 is 14.5. The molecule has 17 heavy (non-hydrogen) atoms. The maximum atomic E-state index is 14.5. The molecule has 94 valence electrons. The summed E-state index contributed by atoms with van der Waals surface area (Å²) in [6, 6.07) is 6.24. The number of hydrogen-bond donors (Lipinski definition) is 1. The van der Waals surface area contributed by atoms with Crippen LogP contribution >= 0.6 is 0 Å². The van der Waals surface area contributed by atoms with Gasteiger partial charge in [0.2, 0.25) is 0 Å². The van der Waals surface area contributed by atoms with Gasteiger partial charge in [0.05, 0.1) is 5.56 Å². The zero-order chi connectivity index (χ0) is 13.1. The second-order valence-electron chi connectivity index (χ2n) is 4.60. The van der Waals surface area contributed by atoms with Gasteiger partial charge < -0.3 is 10.0 Å². The predicted octanol–water partition coefficient (Wildman–Crippen LogP) is 2.52. The van der Waals surface area contributed by atoms with E-state index in [4.69, 9.17) is 5.11 Å². The van der Waals surface area contributed by atoms with Crippen molar-refractivity contribution >= 4 is 5.97 Å². The van der Waals surface area contributed by atoms with E-state index in [2.05, 4.69) is 0 Å². The number of alkyl halides is 1. The van der Waals surface area contributed by atoms with Crippen LogP contribution in [-0.2, 0) is 5.67 Å². The van der Waals surface area contributed by atoms with Crippen molar-refractivity contribution in [3.05, 3.63) is 35.4 Å². The number of hydrogen-bond acceptors (Lipinski definition) is 2. The van der Waals surface area contributed by atoms with Crippen molar-refractivity contribution < 1.29 is 14.3 Å². The minimum Gasteiger partial charge on any atom is -0.478 e. The van der Waals surface area contributed by atoms with Crippen molar-refractivity contribution in [1.82, 2.24) is 4.90 Å². The monoisotopic (exact) mass is 239 g/mol. The average molecular weight is 239 g/mol. The van der Waals surface area contributed by atoms with E-state index in [1.165, 1.54) is 13.0 Å². The molecule has 1 rings (SSSR count). The fraction of sp³-hybridized carbons (Fsp3) is 0.462. The van der Waals surface area contributed by atoms with Crippen LogP contribution in [0.1, 0.15) is 29.3 Å². The lowest BCUT2D eigenvalue weighted by molar-refractivity contribution is 0.0685. The minimum atomic E-state index is -1.63. The van der Waals surface area contributed by atoms with Gasteiger partial charge in [-0.15, -0.1) is 0 Å². The maximum absolute atomic E-state index is 14.5. The lowest BCUT2D eigenvalue weighted by Crippen LogP contribution is -2.25. The summed E-state index contributed by atoms with van der Waals surface area (Å²) in [6.07, 6.45) is 0.268. The Morgan fingerprint density at radius 3 is 2.53 bits per heavy atom. The lowest BCUT2D eigenvalue weighted by Gasteiger charge is -2.24. The Bertz CT molecular complexity index is 402. The predicted molar refractivity (Wildman–Crippen MR) is 65.0 cm³/mol. The fourth-order valence-electron chi connectivity index (χ4n) is 1.69. The molecule has 1 atom stereocenters. The van der Waals surface area contributed by atoms with Crippen molar-refractivity contribution in [1.29, 1.82) is 0 Å². The van der Waals surface area contributed by atoms with E-state index in [0.29, 0.717) is 6.54 Å². The second-order valence-corrected chi connectivity index (χ2v) is 4.60. The largest absolute Gasteiger partial charge is 0.478 e. The van der Waals surface area contributed by atoms with Crippen LogP contribution < -0.4 is 0 Å². The highest BCUT2D eigenvalue weighted by Gasteiger charge is 2.29. The molecule has 3 nitrogen and oxygen atoms in total. The molecule has 0 aliphatic rings. The van der Waals surface area contributed by atoms with Gasteiger partial charge in [-0.2, -0.15) is 0 Å². The minimum absolute atomic E-state index is 0.0382. The third kappa shape index (κ3) is 3.53. The molecule has 0 radical (unpaired) electrons. The number of carboxylic acid groups (broad SMARTS) is 1. The van der Waals surface area contributed by atoms with Gasteiger partial charge in [-0.05, 0) is 33.5 Å². The quantitative estimate of drug-likeness (QED) is 0.858. The van der Waals surface area contributed by atoms with E-state index in [-0.39, 0.29) is 17.5 Å². The van der Waals surface area contributed by atoms with Gasteiger partial charge >= 0.3 is 5.97 Å². The van der Waals surface area contributed by atoms with Gasteiger partial charge in [0.15, 0.2) is 0 Å². The van der Waals surface area contributed by atoms with Gasteiger partial charge in [-0.1, -0.05) is 18.2 Å². The molecule has 0 aromatic heterocycles. The molecular formula is C13H18FNO2. The van der Waals surface area contributed by atoms with Crippen LogP contribution in [0.3, 0.4) is 0 Å². The summed E-state index contributed by atoms with van der Waals surface area (Å²) in [6.45, 7) is 2.00. The molecule has 1 N–H and O–H groups in total. The Labute approximate surface area is 101 Å². The molecule has 0 bridgehead atoms. The van der Waals surface area contributed by atoms with Crippen molar-refractivity contribution in [2.75, 3.05) is 20.6 Å². The van der Waals surface area contributed by atoms with E-state index in [1.54, 1.807) is 18.2 Å². The first kappa shape index (κ1) is 13.6. The number of halogens is 1. The normalized spacial score (nSPS) is 14.6. The molecule has 0 amide bonds. The molecular weight excluding hydrogens is 221 g/mol. The molecule has 0 aliphatic heterocycles. The topological polar surface area (TPSA) is 40.5 Å². The third-order valence-corrected chi connectivity index (χ3v) is 2.75. The van der Waals surface area contributed by atoms with Gasteiger partial charge in [0.25, 0.3) is 0 Å². The molecule has 4 heteroatoms. The zero-order valence-corrected chi connectivity index (χ0v) is 10.4. The van der Waals surface area contributed by atoms with Crippen LogP contribution in [0.25, 0.3) is 0 Å². The molecule has 0 heterocycles. The molecule has 1 aromatic rings. The maximum Gasteiger partial charge on any atom is 0.336 e. The molecule has 0 saturated heterocycles. The van der Waals surface area contributed by atoms with Gasteiger partial charge in [-0.25, -0.2) is 9.18 Å². The number of benzene rings is 1. The van der Waals surface area contributed by atoms with Crippen LogP contribution in [0, 0.1) is 0 Å². The Balaban J connectivity index is 3.01. The van der Waals surface area contributed by atoms with E-state index < -0.39 is 11.6 Å². The summed E-state index contributed by atoms with van der Waals surface area (Å²) in [7, 11) is 3.72. The molecule has 0 spiro atoms. The van der Waals surface area contributed by atoms with Crippen LogP contribution in [-0.4, -0.2) is 36.6 Å². The first-order chi connectivity index (χ1) is 7.84. The summed E-state index contributed by atoms with van der Waals surface area (Å²) >= 11 is 0. The van der Waals surface area contributed by atoms with E-state index >= 15 is 0 Å². The molecule has 1 aromatic carbocycles. The van der Waals surface area contributed by atoms with E-state index in [1.807, 2.05) is 19.0 Å². The number of aromatic carboxylic acids is 1. The van der Waals surface area contributed by atoms with E-state index in [0.717, 1.165) is 0 Å². The van der Waals surface area contributed by atoms with Crippen LogP contribution in [0.15, 0.2) is 24.3 Å². The van der Waals surface area contributed by atoms with Crippen molar-refractivity contribution in [3.63, 3.8) is 0 Å². The molecule has 1 unspecified atom stereocenters. The first-order valence-corrected chi connectivity index (χ1v) is 5.51. The van der Waals surface area contributed by atoms with Gasteiger partial charge in [-0.3, -0.25) is 0 Å². The smallest absolute Gasteiger partial charge is 0.336 e. The summed E-state index contributed by atoms with van der Waals surface area (Å²) in [5, 5.41) is 9.03. The molecule has 0 fully saturated rings. The Hall–Kier alpha value is -1.42. The summed E-state index contributed by atoms with van der Waals surface area (Å²) in [5.41, 5.74) is -1.34. The van der Waals surface area contributed by atoms with Crippen molar-refractivity contribution in [2.24, 2.45) is 0 Å². The highest BCUT2D eigenvalue weighted by Crippen LogP contribution is 2.31. The molecule has 0 aliphatic carbocycles. The Morgan fingerprint density at radius 1 is 1.41 bits per heavy atom. The number of rotatable bonds is 5. The average Bonchev–Trinajstić information content (AvgIpc) is 2.26. The lowest BCUT2D eigenvalue weighted by atomic mass is 9.90. The van der Waals surface area contributed by atoms with Gasteiger partial charge in [0.1, 0.15) is 5.67 Å². The van der Waals surface area contributed by atoms with Gasteiger partial charge in [0, 0.05) is 12.1 Å². The Kier molecular flexibility index (Phi) is 4.23. The highest BCUT2D eigenvalue weighted by atomic mass is 19.1. The number of carbonyl (C=O) groups is 1. The number of carboxylic acids is 1. The summed E-state index contributed by atoms with van der Waals surface area (Å²) in [5.74, 6) is -1.09. The number of nitrogens with zero attached hydrogens (tertiary/aromatic N) is 1. The van der Waals surface area contributed by atoms with E-state index in [9.17, 15) is 9.18 Å². The zero-order valence-electron chi connectivity index (χ0n) is 10.4. The SMILES string of the molecule is CN(C)CCC(C)(F)c1ccccc1C(=O)O. The van der Waals surface area contributed by atoms with Crippen LogP contribution in [0.2, 0.25) is 0 Å². The fourth-order valence-corrected chi connectivity index (χ4v) is 1.69. The van der Waals surface area contributed by atoms with Crippen LogP contribution in [0.4, 0.5) is 4.39 Å².